The van der Waals surface area contributed by atoms with Gasteiger partial charge in [-0.2, -0.15) is 0 Å². The first-order valence-corrected chi connectivity index (χ1v) is 6.56. The Morgan fingerprint density at radius 3 is 2.69 bits per heavy atom. The van der Waals surface area contributed by atoms with Crippen molar-refractivity contribution in [3.05, 3.63) is 18.2 Å². The zero-order valence-electron chi connectivity index (χ0n) is 10.3. The van der Waals surface area contributed by atoms with Crippen LogP contribution >= 0.6 is 0 Å². The predicted molar refractivity (Wildman–Crippen MR) is 66.4 cm³/mol. The third-order valence-electron chi connectivity index (χ3n) is 3.56. The van der Waals surface area contributed by atoms with Crippen LogP contribution in [0.1, 0.15) is 44.3 Å². The fourth-order valence-electron chi connectivity index (χ4n) is 2.51. The minimum absolute atomic E-state index is 0.753. The van der Waals surface area contributed by atoms with Crippen molar-refractivity contribution in [1.29, 1.82) is 0 Å². The molecule has 0 bridgehead atoms. The van der Waals surface area contributed by atoms with Crippen LogP contribution in [-0.4, -0.2) is 22.1 Å². The molecule has 1 aromatic rings. The van der Waals surface area contributed by atoms with Gasteiger partial charge in [-0.3, -0.25) is 0 Å². The number of hydrogen-bond acceptors (Lipinski definition) is 2. The third kappa shape index (κ3) is 3.34. The van der Waals surface area contributed by atoms with Gasteiger partial charge in [-0.05, 0) is 12.8 Å². The molecule has 0 unspecified atom stereocenters. The average molecular weight is 221 g/mol. The topological polar surface area (TPSA) is 29.9 Å². The van der Waals surface area contributed by atoms with E-state index in [0.717, 1.165) is 19.0 Å². The number of imidazole rings is 1. The maximum Gasteiger partial charge on any atom is 0.109 e. The molecular weight excluding hydrogens is 198 g/mol. The summed E-state index contributed by atoms with van der Waals surface area (Å²) in [5.74, 6) is 1.18. The van der Waals surface area contributed by atoms with Crippen molar-refractivity contribution in [2.75, 3.05) is 6.54 Å². The molecule has 1 aliphatic carbocycles. The first-order chi connectivity index (χ1) is 7.86. The molecule has 0 radical (unpaired) electrons. The van der Waals surface area contributed by atoms with Crippen LogP contribution in [0.3, 0.4) is 0 Å². The Bertz CT molecular complexity index is 298. The van der Waals surface area contributed by atoms with Gasteiger partial charge in [0.2, 0.25) is 0 Å². The number of nitrogens with zero attached hydrogens (tertiary/aromatic N) is 2. The van der Waals surface area contributed by atoms with E-state index in [1.165, 1.54) is 44.3 Å². The Balaban J connectivity index is 1.69. The summed E-state index contributed by atoms with van der Waals surface area (Å²) in [6, 6.07) is 0.753. The van der Waals surface area contributed by atoms with E-state index >= 15 is 0 Å². The molecule has 2 rings (SSSR count). The SMILES string of the molecule is Cn1ccnc1CCNC1CCCCCC1. The maximum absolute atomic E-state index is 4.34. The minimum atomic E-state index is 0.753. The van der Waals surface area contributed by atoms with Gasteiger partial charge in [0.05, 0.1) is 0 Å². The monoisotopic (exact) mass is 221 g/mol. The molecule has 1 N–H and O–H groups in total. The van der Waals surface area contributed by atoms with Crippen molar-refractivity contribution in [3.63, 3.8) is 0 Å². The lowest BCUT2D eigenvalue weighted by molar-refractivity contribution is 0.459. The van der Waals surface area contributed by atoms with Crippen molar-refractivity contribution in [2.45, 2.75) is 51.0 Å². The van der Waals surface area contributed by atoms with Crippen LogP contribution in [0.5, 0.6) is 0 Å². The second-order valence-corrected chi connectivity index (χ2v) is 4.85. The van der Waals surface area contributed by atoms with E-state index in [0.29, 0.717) is 0 Å². The van der Waals surface area contributed by atoms with Gasteiger partial charge < -0.3 is 9.88 Å². The molecule has 0 aromatic carbocycles. The molecule has 1 heterocycles. The molecule has 1 saturated carbocycles. The van der Waals surface area contributed by atoms with Crippen LogP contribution in [0.25, 0.3) is 0 Å². The zero-order valence-corrected chi connectivity index (χ0v) is 10.3. The van der Waals surface area contributed by atoms with Crippen LogP contribution in [0.4, 0.5) is 0 Å². The highest BCUT2D eigenvalue weighted by molar-refractivity contribution is 4.91. The normalized spacial score (nSPS) is 18.6. The lowest BCUT2D eigenvalue weighted by Gasteiger charge is -2.15. The molecule has 3 nitrogen and oxygen atoms in total. The molecule has 0 saturated heterocycles. The van der Waals surface area contributed by atoms with E-state index in [2.05, 4.69) is 21.9 Å². The second-order valence-electron chi connectivity index (χ2n) is 4.85. The Hall–Kier alpha value is -0.830. The highest BCUT2D eigenvalue weighted by atomic mass is 15.0. The Labute approximate surface area is 98.3 Å². The van der Waals surface area contributed by atoms with E-state index in [1.807, 2.05) is 12.4 Å². The summed E-state index contributed by atoms with van der Waals surface area (Å²) in [5.41, 5.74) is 0. The van der Waals surface area contributed by atoms with Gasteiger partial charge >= 0.3 is 0 Å². The number of nitrogens with one attached hydrogen (secondary N) is 1. The second kappa shape index (κ2) is 6.04. The first kappa shape index (κ1) is 11.6. The molecule has 1 fully saturated rings. The van der Waals surface area contributed by atoms with Gasteiger partial charge in [0.25, 0.3) is 0 Å². The van der Waals surface area contributed by atoms with Crippen LogP contribution in [0.2, 0.25) is 0 Å². The van der Waals surface area contributed by atoms with Crippen molar-refractivity contribution in [3.8, 4) is 0 Å². The summed E-state index contributed by atoms with van der Waals surface area (Å²) < 4.78 is 2.11. The van der Waals surface area contributed by atoms with Gasteiger partial charge in [0, 0.05) is 38.4 Å². The molecule has 0 amide bonds. The number of aromatic nitrogens is 2. The molecule has 3 heteroatoms. The Kier molecular flexibility index (Phi) is 4.40. The van der Waals surface area contributed by atoms with Crippen LogP contribution < -0.4 is 5.32 Å². The van der Waals surface area contributed by atoms with Crippen molar-refractivity contribution >= 4 is 0 Å². The summed E-state index contributed by atoms with van der Waals surface area (Å²) >= 11 is 0. The summed E-state index contributed by atoms with van der Waals surface area (Å²) in [6.07, 6.45) is 13.3. The van der Waals surface area contributed by atoms with E-state index in [9.17, 15) is 0 Å². The molecule has 16 heavy (non-hydrogen) atoms. The Morgan fingerprint density at radius 1 is 1.31 bits per heavy atom. The summed E-state index contributed by atoms with van der Waals surface area (Å²) in [5, 5.41) is 3.67. The van der Waals surface area contributed by atoms with Gasteiger partial charge in [0.15, 0.2) is 0 Å². The van der Waals surface area contributed by atoms with E-state index in [-0.39, 0.29) is 0 Å². The van der Waals surface area contributed by atoms with E-state index in [1.54, 1.807) is 0 Å². The molecule has 0 atom stereocenters. The predicted octanol–water partition coefficient (Wildman–Crippen LogP) is 2.28. The highest BCUT2D eigenvalue weighted by Crippen LogP contribution is 2.16. The summed E-state index contributed by atoms with van der Waals surface area (Å²) in [7, 11) is 2.06. The molecule has 1 aliphatic rings. The fraction of sp³-hybridized carbons (Fsp3) is 0.769. The molecule has 0 spiro atoms. The standard InChI is InChI=1S/C13H23N3/c1-16-11-10-15-13(16)8-9-14-12-6-4-2-3-5-7-12/h10-12,14H,2-9H2,1H3. The average Bonchev–Trinajstić information content (AvgIpc) is 2.55. The Morgan fingerprint density at radius 2 is 2.06 bits per heavy atom. The fourth-order valence-corrected chi connectivity index (χ4v) is 2.51. The molecule has 90 valence electrons. The van der Waals surface area contributed by atoms with Gasteiger partial charge in [-0.25, -0.2) is 4.98 Å². The molecular formula is C13H23N3. The van der Waals surface area contributed by atoms with Crippen LogP contribution in [0, 0.1) is 0 Å². The zero-order chi connectivity index (χ0) is 11.2. The van der Waals surface area contributed by atoms with E-state index in [4.69, 9.17) is 0 Å². The van der Waals surface area contributed by atoms with Gasteiger partial charge in [-0.1, -0.05) is 25.7 Å². The third-order valence-corrected chi connectivity index (χ3v) is 3.56. The van der Waals surface area contributed by atoms with Crippen LogP contribution in [0.15, 0.2) is 12.4 Å². The van der Waals surface area contributed by atoms with Crippen LogP contribution in [-0.2, 0) is 13.5 Å². The number of rotatable bonds is 4. The van der Waals surface area contributed by atoms with Gasteiger partial charge in [-0.15, -0.1) is 0 Å². The van der Waals surface area contributed by atoms with Crippen molar-refractivity contribution in [1.82, 2.24) is 14.9 Å². The van der Waals surface area contributed by atoms with Crippen molar-refractivity contribution < 1.29 is 0 Å². The largest absolute Gasteiger partial charge is 0.338 e. The first-order valence-electron chi connectivity index (χ1n) is 6.56. The van der Waals surface area contributed by atoms with E-state index < -0.39 is 0 Å². The molecule has 1 aromatic heterocycles. The lowest BCUT2D eigenvalue weighted by Crippen LogP contribution is -2.30. The van der Waals surface area contributed by atoms with Gasteiger partial charge in [0.1, 0.15) is 5.82 Å². The summed E-state index contributed by atoms with van der Waals surface area (Å²) in [4.78, 5) is 4.34. The molecule has 0 aliphatic heterocycles. The maximum atomic E-state index is 4.34. The quantitative estimate of drug-likeness (QED) is 0.790. The smallest absolute Gasteiger partial charge is 0.109 e. The highest BCUT2D eigenvalue weighted by Gasteiger charge is 2.11. The number of aryl methyl sites for hydroxylation is 1. The van der Waals surface area contributed by atoms with Crippen molar-refractivity contribution in [2.24, 2.45) is 7.05 Å². The lowest BCUT2D eigenvalue weighted by atomic mass is 10.1. The number of hydrogen-bond donors (Lipinski definition) is 1. The minimum Gasteiger partial charge on any atom is -0.338 e. The summed E-state index contributed by atoms with van der Waals surface area (Å²) in [6.45, 7) is 1.06.